The van der Waals surface area contributed by atoms with Gasteiger partial charge in [0.15, 0.2) is 0 Å². The third-order valence-electron chi connectivity index (χ3n) is 1.93. The van der Waals surface area contributed by atoms with Crippen molar-refractivity contribution in [2.45, 2.75) is 33.1 Å². The van der Waals surface area contributed by atoms with Crippen molar-refractivity contribution >= 4 is 23.9 Å². The number of hydrogen-bond acceptors (Lipinski definition) is 3. The van der Waals surface area contributed by atoms with Crippen LogP contribution in [0.15, 0.2) is 4.99 Å². The van der Waals surface area contributed by atoms with E-state index in [1.807, 2.05) is 20.1 Å². The molecule has 6 heteroatoms. The van der Waals surface area contributed by atoms with Gasteiger partial charge in [0.25, 0.3) is 0 Å². The van der Waals surface area contributed by atoms with E-state index in [1.165, 1.54) is 0 Å². The third kappa shape index (κ3) is 14.9. The maximum atomic E-state index is 10.5. The Balaban J connectivity index is -0.00000112. The Labute approximate surface area is 144 Å². The molecule has 0 aromatic rings. The van der Waals surface area contributed by atoms with Crippen molar-refractivity contribution < 1.29 is 46.9 Å². The van der Waals surface area contributed by atoms with Crippen LogP contribution in [-0.2, 0) is 46.9 Å². The van der Waals surface area contributed by atoms with Gasteiger partial charge < -0.3 is 17.5 Å². The molecule has 0 aliphatic heterocycles. The minimum absolute atomic E-state index is 0. The molecule has 0 radical (unpaired) electrons. The number of rotatable bonds is 9. The molecule has 0 unspecified atom stereocenters. The zero-order valence-electron chi connectivity index (χ0n) is 11.1. The first kappa shape index (κ1) is 23.9. The molecular formula is C12H22N2OSW2-2. The van der Waals surface area contributed by atoms with Gasteiger partial charge in [-0.2, -0.15) is 18.2 Å². The minimum Gasteiger partial charge on any atom is -0.541 e. The first-order chi connectivity index (χ1) is 7.52. The zero-order valence-corrected chi connectivity index (χ0v) is 17.8. The van der Waals surface area contributed by atoms with Gasteiger partial charge in [-0.3, -0.25) is 11.3 Å². The summed E-state index contributed by atoms with van der Waals surface area (Å²) in [5.41, 5.74) is 5.37. The Kier molecular flexibility index (Phi) is 19.0. The topological polar surface area (TPSA) is 55.4 Å². The van der Waals surface area contributed by atoms with Crippen molar-refractivity contribution in [2.24, 2.45) is 16.1 Å². The molecule has 0 atom stereocenters. The van der Waals surface area contributed by atoms with Crippen LogP contribution in [0.25, 0.3) is 0 Å². The first-order valence-corrected chi connectivity index (χ1v) is 6.72. The van der Waals surface area contributed by atoms with E-state index >= 15 is 0 Å². The number of carbonyl (C=O) groups excluding carboxylic acids is 1. The van der Waals surface area contributed by atoms with Crippen molar-refractivity contribution in [1.29, 1.82) is 0 Å². The van der Waals surface area contributed by atoms with Crippen LogP contribution in [0.5, 0.6) is 0 Å². The van der Waals surface area contributed by atoms with Crippen LogP contribution >= 0.6 is 11.8 Å². The molecule has 0 aromatic carbocycles. The summed E-state index contributed by atoms with van der Waals surface area (Å²) in [4.78, 5) is 14.7. The molecule has 0 rings (SSSR count). The molecule has 0 amide bonds. The second-order valence-electron chi connectivity index (χ2n) is 4.37. The predicted molar refractivity (Wildman–Crippen MR) is 72.5 cm³/mol. The van der Waals surface area contributed by atoms with Crippen LogP contribution in [0.1, 0.15) is 33.1 Å². The molecule has 18 heavy (non-hydrogen) atoms. The van der Waals surface area contributed by atoms with Crippen molar-refractivity contribution in [1.82, 2.24) is 0 Å². The fraction of sp³-hybridized carbons (Fsp3) is 0.750. The maximum Gasteiger partial charge on any atom is 0.0936 e. The molecule has 0 heterocycles. The molecule has 0 saturated carbocycles. The summed E-state index contributed by atoms with van der Waals surface area (Å²) in [6, 6.07) is 0. The fourth-order valence-electron chi connectivity index (χ4n) is 1.01. The van der Waals surface area contributed by atoms with Crippen LogP contribution in [0, 0.1) is 12.3 Å². The van der Waals surface area contributed by atoms with Gasteiger partial charge in [0.1, 0.15) is 0 Å². The summed E-state index contributed by atoms with van der Waals surface area (Å²) >= 11 is 1.77. The third-order valence-corrected chi connectivity index (χ3v) is 3.44. The van der Waals surface area contributed by atoms with E-state index < -0.39 is 0 Å². The van der Waals surface area contributed by atoms with Gasteiger partial charge in [0.05, 0.1) is 5.84 Å². The Morgan fingerprint density at radius 3 is 2.56 bits per heavy atom. The van der Waals surface area contributed by atoms with E-state index in [1.54, 1.807) is 11.8 Å². The molecule has 3 nitrogen and oxygen atoms in total. The molecule has 0 aromatic heterocycles. The number of amidine groups is 1. The normalized spacial score (nSPS) is 11.4. The molecule has 0 aliphatic rings. The maximum absolute atomic E-state index is 10.5. The zero-order chi connectivity index (χ0) is 12.4. The SMILES string of the molecule is [CH2-]CCN=C(N)CCCSCC(C)(C)[C-]=O.[W].[W]. The van der Waals surface area contributed by atoms with Gasteiger partial charge in [-0.15, -0.1) is 5.41 Å². The van der Waals surface area contributed by atoms with Crippen molar-refractivity contribution in [3.05, 3.63) is 6.92 Å². The fourth-order valence-corrected chi connectivity index (χ4v) is 2.08. The number of thioether (sulfide) groups is 1. The Bertz CT molecular complexity index is 236. The summed E-state index contributed by atoms with van der Waals surface area (Å²) in [6.45, 7) is 8.21. The van der Waals surface area contributed by atoms with Crippen molar-refractivity contribution in [3.63, 3.8) is 0 Å². The van der Waals surface area contributed by atoms with Crippen LogP contribution in [0.4, 0.5) is 0 Å². The summed E-state index contributed by atoms with van der Waals surface area (Å²) in [5.74, 6) is 2.53. The average Bonchev–Trinajstić information content (AvgIpc) is 2.25. The summed E-state index contributed by atoms with van der Waals surface area (Å²) in [6.07, 6.45) is 4.67. The second-order valence-corrected chi connectivity index (χ2v) is 5.47. The van der Waals surface area contributed by atoms with E-state index in [4.69, 9.17) is 5.73 Å². The van der Waals surface area contributed by atoms with E-state index in [9.17, 15) is 4.79 Å². The second kappa shape index (κ2) is 14.3. The minimum atomic E-state index is -0.335. The summed E-state index contributed by atoms with van der Waals surface area (Å²) in [5, 5.41) is 0. The van der Waals surface area contributed by atoms with Gasteiger partial charge >= 0.3 is 0 Å². The molecular weight excluding hydrogens is 588 g/mol. The molecule has 0 spiro atoms. The van der Waals surface area contributed by atoms with Crippen molar-refractivity contribution in [2.75, 3.05) is 18.1 Å². The van der Waals surface area contributed by atoms with Gasteiger partial charge in [0.2, 0.25) is 0 Å². The van der Waals surface area contributed by atoms with Crippen molar-refractivity contribution in [3.8, 4) is 0 Å². The van der Waals surface area contributed by atoms with Crippen LogP contribution in [-0.4, -0.2) is 30.2 Å². The Morgan fingerprint density at radius 1 is 1.44 bits per heavy atom. The summed E-state index contributed by atoms with van der Waals surface area (Å²) in [7, 11) is 0. The average molecular weight is 610 g/mol. The van der Waals surface area contributed by atoms with Gasteiger partial charge in [0, 0.05) is 55.1 Å². The molecule has 0 saturated heterocycles. The number of nitrogens with two attached hydrogens (primary N) is 1. The standard InChI is InChI=1S/C12H22N2OS.2W/c1-4-7-14-11(13)6-5-8-16-10-12(2,3)9-15;;/h1,4-8,10H2,2-3H3,(H2,13,14);;/q-2;;. The number of aliphatic imine (C=N–C) groups is 1. The number of hydrogen-bond donors (Lipinski definition) is 1. The monoisotopic (exact) mass is 610 g/mol. The van der Waals surface area contributed by atoms with Gasteiger partial charge in [-0.1, -0.05) is 13.8 Å². The van der Waals surface area contributed by atoms with Crippen LogP contribution < -0.4 is 5.73 Å². The molecule has 106 valence electrons. The van der Waals surface area contributed by atoms with E-state index in [0.717, 1.165) is 30.8 Å². The smallest absolute Gasteiger partial charge is 0.0936 e. The first-order valence-electron chi connectivity index (χ1n) is 5.57. The van der Waals surface area contributed by atoms with Gasteiger partial charge in [-0.05, 0) is 17.9 Å². The predicted octanol–water partition coefficient (Wildman–Crippen LogP) is 2.21. The Hall–Kier alpha value is 0.867. The van der Waals surface area contributed by atoms with E-state index in [0.29, 0.717) is 12.4 Å². The molecule has 0 bridgehead atoms. The summed E-state index contributed by atoms with van der Waals surface area (Å²) < 4.78 is 0. The van der Waals surface area contributed by atoms with Crippen LogP contribution in [0.2, 0.25) is 0 Å². The largest absolute Gasteiger partial charge is 0.541 e. The number of nitrogens with zero attached hydrogens (tertiary/aromatic N) is 1. The quantitative estimate of drug-likeness (QED) is 0.189. The van der Waals surface area contributed by atoms with E-state index in [-0.39, 0.29) is 47.5 Å². The molecule has 0 aliphatic carbocycles. The molecule has 0 fully saturated rings. The Morgan fingerprint density at radius 2 is 2.06 bits per heavy atom. The van der Waals surface area contributed by atoms with E-state index in [2.05, 4.69) is 11.9 Å². The van der Waals surface area contributed by atoms with Crippen LogP contribution in [0.3, 0.4) is 0 Å². The van der Waals surface area contributed by atoms with Gasteiger partial charge in [-0.25, -0.2) is 0 Å². The molecule has 2 N–H and O–H groups in total.